The zero-order valence-electron chi connectivity index (χ0n) is 12.1. The Balaban J connectivity index is 1.83. The van der Waals surface area contributed by atoms with Crippen molar-refractivity contribution < 1.29 is 18.0 Å². The summed E-state index contributed by atoms with van der Waals surface area (Å²) in [7, 11) is 0. The van der Waals surface area contributed by atoms with E-state index in [0.29, 0.717) is 17.7 Å². The second-order valence-electron chi connectivity index (χ2n) is 5.21. The quantitative estimate of drug-likeness (QED) is 0.799. The zero-order valence-corrected chi connectivity index (χ0v) is 12.9. The zero-order chi connectivity index (χ0) is 16.4. The minimum absolute atomic E-state index is 0.0968. The van der Waals surface area contributed by atoms with E-state index in [1.807, 2.05) is 6.07 Å². The third-order valence-electron chi connectivity index (χ3n) is 3.70. The summed E-state index contributed by atoms with van der Waals surface area (Å²) < 4.78 is 38.0. The molecule has 120 valence electrons. The van der Waals surface area contributed by atoms with E-state index >= 15 is 0 Å². The molecule has 0 saturated carbocycles. The van der Waals surface area contributed by atoms with Gasteiger partial charge in [0.25, 0.3) is 5.91 Å². The van der Waals surface area contributed by atoms with Crippen molar-refractivity contribution >= 4 is 17.7 Å². The number of carbonyl (C=O) groups is 1. The second-order valence-corrected chi connectivity index (χ2v) is 6.40. The molecule has 1 heterocycles. The molecule has 3 rings (SSSR count). The SMILES string of the molecule is O=C(c1ccccc1)N1CCSC1c1ccc(C(F)(F)F)cc1. The number of alkyl halides is 3. The molecule has 0 spiro atoms. The summed E-state index contributed by atoms with van der Waals surface area (Å²) in [6.45, 7) is 0.587. The molecule has 1 unspecified atom stereocenters. The van der Waals surface area contributed by atoms with E-state index in [2.05, 4.69) is 0 Å². The fourth-order valence-corrected chi connectivity index (χ4v) is 3.79. The minimum atomic E-state index is -4.35. The summed E-state index contributed by atoms with van der Waals surface area (Å²) in [6.07, 6.45) is -4.35. The lowest BCUT2D eigenvalue weighted by atomic mass is 10.1. The van der Waals surface area contributed by atoms with E-state index in [9.17, 15) is 18.0 Å². The number of thioether (sulfide) groups is 1. The van der Waals surface area contributed by atoms with Crippen molar-refractivity contribution in [3.63, 3.8) is 0 Å². The van der Waals surface area contributed by atoms with Gasteiger partial charge in [0, 0.05) is 17.9 Å². The molecule has 0 aliphatic carbocycles. The summed E-state index contributed by atoms with van der Waals surface area (Å²) in [6, 6.07) is 14.0. The summed E-state index contributed by atoms with van der Waals surface area (Å²) in [5.41, 5.74) is 0.627. The number of rotatable bonds is 2. The van der Waals surface area contributed by atoms with Crippen LogP contribution < -0.4 is 0 Å². The first-order chi connectivity index (χ1) is 11.0. The highest BCUT2D eigenvalue weighted by Crippen LogP contribution is 2.39. The van der Waals surface area contributed by atoms with Gasteiger partial charge in [0.2, 0.25) is 0 Å². The summed E-state index contributed by atoms with van der Waals surface area (Å²) in [5, 5.41) is -0.245. The molecule has 0 aromatic heterocycles. The van der Waals surface area contributed by atoms with Gasteiger partial charge in [-0.3, -0.25) is 4.79 Å². The summed E-state index contributed by atoms with van der Waals surface area (Å²) >= 11 is 1.56. The number of nitrogens with zero attached hydrogens (tertiary/aromatic N) is 1. The van der Waals surface area contributed by atoms with E-state index in [1.165, 1.54) is 12.1 Å². The molecule has 1 amide bonds. The van der Waals surface area contributed by atoms with Gasteiger partial charge < -0.3 is 4.90 Å². The number of carbonyl (C=O) groups excluding carboxylic acids is 1. The standard InChI is InChI=1S/C17H14F3NOS/c18-17(19,20)14-8-6-13(7-9-14)16-21(10-11-23-16)15(22)12-4-2-1-3-5-12/h1-9,16H,10-11H2. The van der Waals surface area contributed by atoms with Crippen LogP contribution in [-0.4, -0.2) is 23.1 Å². The first-order valence-corrected chi connectivity index (χ1v) is 8.16. The topological polar surface area (TPSA) is 20.3 Å². The maximum atomic E-state index is 12.7. The molecular weight excluding hydrogens is 323 g/mol. The van der Waals surface area contributed by atoms with Crippen molar-refractivity contribution in [1.82, 2.24) is 4.90 Å². The fourth-order valence-electron chi connectivity index (χ4n) is 2.54. The average Bonchev–Trinajstić information content (AvgIpc) is 3.04. The Hall–Kier alpha value is -1.95. The Morgan fingerprint density at radius 1 is 1.04 bits per heavy atom. The Morgan fingerprint density at radius 3 is 2.30 bits per heavy atom. The molecule has 2 aromatic rings. The van der Waals surface area contributed by atoms with Crippen LogP contribution in [0.5, 0.6) is 0 Å². The maximum absolute atomic E-state index is 12.7. The molecule has 1 fully saturated rings. The highest BCUT2D eigenvalue weighted by molar-refractivity contribution is 7.99. The second kappa shape index (κ2) is 6.28. The van der Waals surface area contributed by atoms with E-state index in [1.54, 1.807) is 40.9 Å². The average molecular weight is 337 g/mol. The summed E-state index contributed by atoms with van der Waals surface area (Å²) in [5.74, 6) is 0.671. The van der Waals surface area contributed by atoms with E-state index < -0.39 is 11.7 Å². The third-order valence-corrected chi connectivity index (χ3v) is 4.96. The molecule has 1 atom stereocenters. The Labute approximate surface area is 136 Å². The molecule has 2 nitrogen and oxygen atoms in total. The molecule has 23 heavy (non-hydrogen) atoms. The van der Waals surface area contributed by atoms with Crippen molar-refractivity contribution in [1.29, 1.82) is 0 Å². The van der Waals surface area contributed by atoms with Crippen LogP contribution in [0.3, 0.4) is 0 Å². The molecule has 1 aliphatic heterocycles. The van der Waals surface area contributed by atoms with Crippen LogP contribution in [0.15, 0.2) is 54.6 Å². The Bertz CT molecular complexity index is 685. The van der Waals surface area contributed by atoms with Crippen molar-refractivity contribution in [3.05, 3.63) is 71.3 Å². The van der Waals surface area contributed by atoms with Crippen LogP contribution in [0.1, 0.15) is 26.9 Å². The fraction of sp³-hybridized carbons (Fsp3) is 0.235. The van der Waals surface area contributed by atoms with Crippen molar-refractivity contribution in [3.8, 4) is 0 Å². The highest BCUT2D eigenvalue weighted by atomic mass is 32.2. The first-order valence-electron chi connectivity index (χ1n) is 7.11. The smallest absolute Gasteiger partial charge is 0.322 e. The number of hydrogen-bond donors (Lipinski definition) is 0. The van der Waals surface area contributed by atoms with Crippen molar-refractivity contribution in [2.75, 3.05) is 12.3 Å². The number of benzene rings is 2. The molecule has 0 N–H and O–H groups in total. The van der Waals surface area contributed by atoms with E-state index in [4.69, 9.17) is 0 Å². The normalized spacial score (nSPS) is 18.2. The highest BCUT2D eigenvalue weighted by Gasteiger charge is 2.33. The summed E-state index contributed by atoms with van der Waals surface area (Å²) in [4.78, 5) is 14.3. The Morgan fingerprint density at radius 2 is 1.70 bits per heavy atom. The lowest BCUT2D eigenvalue weighted by molar-refractivity contribution is -0.137. The molecule has 2 aromatic carbocycles. The predicted octanol–water partition coefficient (Wildman–Crippen LogP) is 4.59. The predicted molar refractivity (Wildman–Crippen MR) is 84.1 cm³/mol. The molecule has 0 bridgehead atoms. The largest absolute Gasteiger partial charge is 0.416 e. The lowest BCUT2D eigenvalue weighted by Crippen LogP contribution is -2.30. The Kier molecular flexibility index (Phi) is 4.35. The molecule has 1 saturated heterocycles. The van der Waals surface area contributed by atoms with Gasteiger partial charge in [-0.05, 0) is 29.8 Å². The number of halogens is 3. The molecule has 6 heteroatoms. The van der Waals surface area contributed by atoms with Crippen LogP contribution in [0.25, 0.3) is 0 Å². The van der Waals surface area contributed by atoms with Gasteiger partial charge in [-0.2, -0.15) is 13.2 Å². The van der Waals surface area contributed by atoms with Gasteiger partial charge >= 0.3 is 6.18 Å². The van der Waals surface area contributed by atoms with Crippen LogP contribution in [0, 0.1) is 0 Å². The molecule has 1 aliphatic rings. The maximum Gasteiger partial charge on any atom is 0.416 e. The van der Waals surface area contributed by atoms with Crippen LogP contribution in [-0.2, 0) is 6.18 Å². The van der Waals surface area contributed by atoms with E-state index in [-0.39, 0.29) is 11.3 Å². The van der Waals surface area contributed by atoms with E-state index in [0.717, 1.165) is 17.9 Å². The van der Waals surface area contributed by atoms with Gasteiger partial charge in [-0.15, -0.1) is 11.8 Å². The van der Waals surface area contributed by atoms with Gasteiger partial charge in [0.1, 0.15) is 5.37 Å². The van der Waals surface area contributed by atoms with Crippen molar-refractivity contribution in [2.24, 2.45) is 0 Å². The van der Waals surface area contributed by atoms with Gasteiger partial charge in [-0.25, -0.2) is 0 Å². The molecule has 0 radical (unpaired) electrons. The third kappa shape index (κ3) is 3.37. The van der Waals surface area contributed by atoms with Crippen molar-refractivity contribution in [2.45, 2.75) is 11.6 Å². The first kappa shape index (κ1) is 15.9. The van der Waals surface area contributed by atoms with Crippen LogP contribution in [0.4, 0.5) is 13.2 Å². The van der Waals surface area contributed by atoms with Crippen LogP contribution in [0.2, 0.25) is 0 Å². The van der Waals surface area contributed by atoms with Gasteiger partial charge in [-0.1, -0.05) is 30.3 Å². The number of amides is 1. The monoisotopic (exact) mass is 337 g/mol. The molecular formula is C17H14F3NOS. The van der Waals surface area contributed by atoms with Crippen LogP contribution >= 0.6 is 11.8 Å². The number of hydrogen-bond acceptors (Lipinski definition) is 2. The minimum Gasteiger partial charge on any atom is -0.322 e. The lowest BCUT2D eigenvalue weighted by Gasteiger charge is -2.24. The van der Waals surface area contributed by atoms with Gasteiger partial charge in [0.15, 0.2) is 0 Å². The van der Waals surface area contributed by atoms with Gasteiger partial charge in [0.05, 0.1) is 5.56 Å².